The van der Waals surface area contributed by atoms with Crippen molar-refractivity contribution in [3.8, 4) is 0 Å². The highest BCUT2D eigenvalue weighted by atomic mass is 16.6. The van der Waals surface area contributed by atoms with Gasteiger partial charge in [-0.3, -0.25) is 24.4 Å². The Morgan fingerprint density at radius 2 is 1.96 bits per heavy atom. The maximum Gasteiger partial charge on any atom is 0.269 e. The minimum Gasteiger partial charge on any atom is -0.399 e. The van der Waals surface area contributed by atoms with Gasteiger partial charge in [-0.15, -0.1) is 5.10 Å². The zero-order chi connectivity index (χ0) is 32.1. The number of non-ortho nitro benzene ring substituents is 1. The summed E-state index contributed by atoms with van der Waals surface area (Å²) in [6.45, 7) is 2.21. The molecule has 2 atom stereocenters. The Hall–Kier alpha value is -5.40. The standard InChI is InChI=1S/C32H33N7O6/c1-21(5-2-3-15-37-20-26(14-16-40)35-36-37)32(43)28-18-27(39(44)45)12-13-29(28)38(31(32)42)19-22-6-4-7-25(17-22)34-30(41)23-8-10-24(33)11-9-23/h2,4-13,17-18,20-21,40,43H,3,14-16,19,33H2,1H3,(H,34,41)/b5-2+/t21-,32+/m1/s1. The molecule has 5 N–H and O–H groups in total. The van der Waals surface area contributed by atoms with Crippen molar-refractivity contribution in [3.05, 3.63) is 118 Å². The van der Waals surface area contributed by atoms with E-state index in [1.54, 1.807) is 72.4 Å². The van der Waals surface area contributed by atoms with Crippen LogP contribution in [-0.4, -0.2) is 48.6 Å². The van der Waals surface area contributed by atoms with Crippen LogP contribution in [0.3, 0.4) is 0 Å². The Morgan fingerprint density at radius 3 is 2.69 bits per heavy atom. The molecule has 3 aromatic carbocycles. The number of anilines is 3. The van der Waals surface area contributed by atoms with Gasteiger partial charge in [0.2, 0.25) is 0 Å². The van der Waals surface area contributed by atoms with Gasteiger partial charge in [-0.2, -0.15) is 0 Å². The average molecular weight is 612 g/mol. The molecule has 1 aliphatic rings. The highest BCUT2D eigenvalue weighted by Gasteiger charge is 2.53. The van der Waals surface area contributed by atoms with E-state index in [4.69, 9.17) is 10.8 Å². The average Bonchev–Trinajstić information content (AvgIpc) is 3.56. The number of allylic oxidation sites excluding steroid dienone is 1. The molecule has 0 radical (unpaired) electrons. The lowest BCUT2D eigenvalue weighted by Crippen LogP contribution is -2.44. The van der Waals surface area contributed by atoms with E-state index in [-0.39, 0.29) is 30.3 Å². The largest absolute Gasteiger partial charge is 0.399 e. The summed E-state index contributed by atoms with van der Waals surface area (Å²) in [5.74, 6) is -1.68. The fraction of sp³-hybridized carbons (Fsp3) is 0.250. The van der Waals surface area contributed by atoms with Gasteiger partial charge in [-0.05, 0) is 54.4 Å². The Balaban J connectivity index is 1.35. The summed E-state index contributed by atoms with van der Waals surface area (Å²) in [6.07, 6.45) is 6.20. The summed E-state index contributed by atoms with van der Waals surface area (Å²) in [7, 11) is 0. The van der Waals surface area contributed by atoms with E-state index < -0.39 is 22.3 Å². The molecule has 13 heteroatoms. The second-order valence-corrected chi connectivity index (χ2v) is 10.8. The van der Waals surface area contributed by atoms with Crippen molar-refractivity contribution in [3.63, 3.8) is 0 Å². The number of aliphatic hydroxyl groups excluding tert-OH is 1. The van der Waals surface area contributed by atoms with Crippen LogP contribution in [0.25, 0.3) is 0 Å². The number of hydrogen-bond donors (Lipinski definition) is 4. The Labute approximate surface area is 258 Å². The number of aryl methyl sites for hydroxylation is 1. The zero-order valence-electron chi connectivity index (χ0n) is 24.5. The summed E-state index contributed by atoms with van der Waals surface area (Å²) < 4.78 is 1.64. The molecule has 0 unspecified atom stereocenters. The van der Waals surface area contributed by atoms with Gasteiger partial charge in [0.15, 0.2) is 5.60 Å². The minimum atomic E-state index is -2.06. The summed E-state index contributed by atoms with van der Waals surface area (Å²) in [5, 5.41) is 43.5. The number of nitrogen functional groups attached to an aromatic ring is 1. The molecule has 2 amide bonds. The van der Waals surface area contributed by atoms with Crippen molar-refractivity contribution in [2.24, 2.45) is 5.92 Å². The monoisotopic (exact) mass is 611 g/mol. The lowest BCUT2D eigenvalue weighted by molar-refractivity contribution is -0.385. The molecule has 0 spiro atoms. The van der Waals surface area contributed by atoms with Crippen molar-refractivity contribution in [1.82, 2.24) is 15.0 Å². The number of nitro groups is 1. The first kappa shape index (κ1) is 31.0. The maximum absolute atomic E-state index is 14.0. The number of nitrogens with zero attached hydrogens (tertiary/aromatic N) is 5. The van der Waals surface area contributed by atoms with Crippen molar-refractivity contribution in [1.29, 1.82) is 0 Å². The molecule has 5 rings (SSSR count). The number of amides is 2. The van der Waals surface area contributed by atoms with Crippen LogP contribution in [-0.2, 0) is 29.9 Å². The van der Waals surface area contributed by atoms with Crippen LogP contribution in [0.1, 0.15) is 40.5 Å². The number of carbonyl (C=O) groups is 2. The molecular weight excluding hydrogens is 578 g/mol. The first-order valence-electron chi connectivity index (χ1n) is 14.4. The van der Waals surface area contributed by atoms with E-state index in [9.17, 15) is 24.8 Å². The lowest BCUT2D eigenvalue weighted by Gasteiger charge is -2.27. The van der Waals surface area contributed by atoms with Gasteiger partial charge in [-0.1, -0.05) is 36.4 Å². The third-order valence-electron chi connectivity index (χ3n) is 7.72. The number of hydrogen-bond acceptors (Lipinski definition) is 9. The van der Waals surface area contributed by atoms with E-state index in [0.717, 1.165) is 0 Å². The van der Waals surface area contributed by atoms with E-state index in [2.05, 4.69) is 15.6 Å². The van der Waals surface area contributed by atoms with Gasteiger partial charge in [0.05, 0.1) is 22.8 Å². The van der Waals surface area contributed by atoms with Gasteiger partial charge < -0.3 is 26.2 Å². The van der Waals surface area contributed by atoms with Gasteiger partial charge in [0.1, 0.15) is 0 Å². The molecule has 0 aliphatic carbocycles. The smallest absolute Gasteiger partial charge is 0.269 e. The van der Waals surface area contributed by atoms with Crippen LogP contribution in [0.15, 0.2) is 85.1 Å². The highest BCUT2D eigenvalue weighted by molar-refractivity contribution is 6.07. The van der Waals surface area contributed by atoms with Crippen molar-refractivity contribution < 1.29 is 24.7 Å². The Bertz CT molecular complexity index is 1750. The molecule has 4 aromatic rings. The van der Waals surface area contributed by atoms with Gasteiger partial charge in [0, 0.05) is 66.3 Å². The lowest BCUT2D eigenvalue weighted by atomic mass is 9.82. The number of aromatic nitrogens is 3. The first-order chi connectivity index (χ1) is 21.6. The summed E-state index contributed by atoms with van der Waals surface area (Å²) in [4.78, 5) is 39.1. The molecule has 2 heterocycles. The SMILES string of the molecule is C[C@H](/C=C/CCn1cc(CCO)nn1)[C@@]1(O)C(=O)N(Cc2cccc(NC(=O)c3ccc(N)cc3)c2)c2ccc([N+](=O)[O-])cc21. The number of benzene rings is 3. The topological polar surface area (TPSA) is 190 Å². The van der Waals surface area contributed by atoms with E-state index in [0.29, 0.717) is 53.3 Å². The molecule has 45 heavy (non-hydrogen) atoms. The predicted molar refractivity (Wildman–Crippen MR) is 167 cm³/mol. The molecule has 13 nitrogen and oxygen atoms in total. The third kappa shape index (κ3) is 6.59. The van der Waals surface area contributed by atoms with Crippen LogP contribution in [0.5, 0.6) is 0 Å². The van der Waals surface area contributed by atoms with E-state index in [1.165, 1.54) is 23.1 Å². The van der Waals surface area contributed by atoms with Crippen LogP contribution in [0.4, 0.5) is 22.7 Å². The number of nitro benzene ring substituents is 1. The van der Waals surface area contributed by atoms with Gasteiger partial charge >= 0.3 is 0 Å². The third-order valence-corrected chi connectivity index (χ3v) is 7.72. The van der Waals surface area contributed by atoms with E-state index >= 15 is 0 Å². The number of nitrogens with two attached hydrogens (primary N) is 1. The Morgan fingerprint density at radius 1 is 1.18 bits per heavy atom. The number of nitrogens with one attached hydrogen (secondary N) is 1. The highest BCUT2D eigenvalue weighted by Crippen LogP contribution is 2.47. The summed E-state index contributed by atoms with van der Waals surface area (Å²) in [5.41, 5.74) is 6.76. The zero-order valence-corrected chi connectivity index (χ0v) is 24.5. The normalized spacial score (nSPS) is 16.6. The number of fused-ring (bicyclic) bond motifs is 1. The molecule has 0 bridgehead atoms. The number of aliphatic hydroxyl groups is 2. The molecule has 1 aliphatic heterocycles. The molecule has 0 saturated heterocycles. The van der Waals surface area contributed by atoms with E-state index in [1.807, 2.05) is 6.08 Å². The number of rotatable bonds is 12. The van der Waals surface area contributed by atoms with Crippen LogP contribution >= 0.6 is 0 Å². The molecular formula is C32H33N7O6. The molecule has 1 aromatic heterocycles. The second-order valence-electron chi connectivity index (χ2n) is 10.8. The van der Waals surface area contributed by atoms with Crippen LogP contribution < -0.4 is 16.0 Å². The maximum atomic E-state index is 14.0. The molecule has 0 fully saturated rings. The molecule has 0 saturated carbocycles. The summed E-state index contributed by atoms with van der Waals surface area (Å²) >= 11 is 0. The fourth-order valence-corrected chi connectivity index (χ4v) is 5.30. The quantitative estimate of drug-likeness (QED) is 0.0803. The van der Waals surface area contributed by atoms with Gasteiger partial charge in [-0.25, -0.2) is 0 Å². The Kier molecular flexibility index (Phi) is 9.02. The minimum absolute atomic E-state index is 0.0219. The molecule has 232 valence electrons. The van der Waals surface area contributed by atoms with Crippen LogP contribution in [0.2, 0.25) is 0 Å². The predicted octanol–water partition coefficient (Wildman–Crippen LogP) is 3.57. The van der Waals surface area contributed by atoms with Crippen molar-refractivity contribution in [2.45, 2.75) is 38.5 Å². The fourth-order valence-electron chi connectivity index (χ4n) is 5.30. The van der Waals surface area contributed by atoms with Crippen LogP contribution in [0, 0.1) is 16.0 Å². The second kappa shape index (κ2) is 13.1. The van der Waals surface area contributed by atoms with Crippen molar-refractivity contribution >= 4 is 34.6 Å². The summed E-state index contributed by atoms with van der Waals surface area (Å²) in [6, 6.07) is 17.5. The van der Waals surface area contributed by atoms with Crippen molar-refractivity contribution in [2.75, 3.05) is 22.6 Å². The van der Waals surface area contributed by atoms with Gasteiger partial charge in [0.25, 0.3) is 17.5 Å². The first-order valence-corrected chi connectivity index (χ1v) is 14.4. The number of carbonyl (C=O) groups excluding carboxylic acids is 2.